The number of unbranched alkanes of at least 4 members (excludes halogenated alkanes) is 2. The van der Waals surface area contributed by atoms with Gasteiger partial charge in [0.05, 0.1) is 14.4 Å². The van der Waals surface area contributed by atoms with Gasteiger partial charge in [-0.25, -0.2) is 0 Å². The Hall–Kier alpha value is 3.38. The number of phosphoric acid groups is 1. The van der Waals surface area contributed by atoms with Gasteiger partial charge in [0, 0.05) is 0 Å². The summed E-state index contributed by atoms with van der Waals surface area (Å²) in [4.78, 5) is 19.7. The zero-order chi connectivity index (χ0) is 8.04. The zero-order valence-electron chi connectivity index (χ0n) is 7.91. The molecule has 0 aliphatic rings. The van der Waals surface area contributed by atoms with Crippen LogP contribution in [0.1, 0.15) is 26.2 Å². The quantitative estimate of drug-likeness (QED) is 0.274. The SMILES string of the molecule is CCCCCOP(=O)([O-])[O-].[K+].[K+]. The second kappa shape index (κ2) is 12.5. The number of hydrogen-bond donors (Lipinski definition) is 0. The van der Waals surface area contributed by atoms with Crippen LogP contribution in [0, 0.1) is 0 Å². The maximum Gasteiger partial charge on any atom is 1.00 e. The van der Waals surface area contributed by atoms with E-state index in [4.69, 9.17) is 0 Å². The molecule has 0 rings (SSSR count). The molecule has 0 aromatic heterocycles. The summed E-state index contributed by atoms with van der Waals surface area (Å²) in [6, 6.07) is 0. The molecule has 0 atom stereocenters. The molecule has 0 unspecified atom stereocenters. The van der Waals surface area contributed by atoms with Gasteiger partial charge in [0.1, 0.15) is 0 Å². The minimum absolute atomic E-state index is 0. The van der Waals surface area contributed by atoms with E-state index in [1.54, 1.807) is 0 Å². The van der Waals surface area contributed by atoms with Gasteiger partial charge in [-0.1, -0.05) is 19.8 Å². The average Bonchev–Trinajstić information content (AvgIpc) is 1.78. The Morgan fingerprint density at radius 1 is 1.25 bits per heavy atom. The van der Waals surface area contributed by atoms with Gasteiger partial charge in [-0.15, -0.1) is 0 Å². The van der Waals surface area contributed by atoms with Crippen molar-refractivity contribution in [1.29, 1.82) is 0 Å². The number of phosphoric ester groups is 1. The minimum atomic E-state index is -4.71. The molecule has 0 N–H and O–H groups in total. The molecule has 0 heterocycles. The van der Waals surface area contributed by atoms with Crippen LogP contribution in [0.4, 0.5) is 0 Å². The van der Waals surface area contributed by atoms with Crippen molar-refractivity contribution < 1.29 is 122 Å². The molecule has 0 aromatic carbocycles. The van der Waals surface area contributed by atoms with Crippen molar-refractivity contribution in [2.75, 3.05) is 6.61 Å². The molecular weight excluding hydrogens is 233 g/mol. The molecule has 12 heavy (non-hydrogen) atoms. The summed E-state index contributed by atoms with van der Waals surface area (Å²) in [5, 5.41) is 0. The van der Waals surface area contributed by atoms with Crippen molar-refractivity contribution in [2.24, 2.45) is 0 Å². The van der Waals surface area contributed by atoms with E-state index >= 15 is 0 Å². The predicted molar refractivity (Wildman–Crippen MR) is 33.1 cm³/mol. The molecule has 0 saturated heterocycles. The second-order valence-corrected chi connectivity index (χ2v) is 3.14. The van der Waals surface area contributed by atoms with Gasteiger partial charge in [0.25, 0.3) is 0 Å². The summed E-state index contributed by atoms with van der Waals surface area (Å²) in [5.74, 6) is 0. The van der Waals surface area contributed by atoms with E-state index in [1.807, 2.05) is 6.92 Å². The fourth-order valence-corrected chi connectivity index (χ4v) is 0.881. The summed E-state index contributed by atoms with van der Waals surface area (Å²) >= 11 is 0. The van der Waals surface area contributed by atoms with Crippen LogP contribution >= 0.6 is 7.82 Å². The smallest absolute Gasteiger partial charge is 0.790 e. The monoisotopic (exact) mass is 244 g/mol. The Morgan fingerprint density at radius 3 is 2.08 bits per heavy atom. The molecule has 7 heteroatoms. The van der Waals surface area contributed by atoms with Crippen molar-refractivity contribution in [2.45, 2.75) is 26.2 Å². The molecule has 62 valence electrons. The predicted octanol–water partition coefficient (Wildman–Crippen LogP) is -5.97. The van der Waals surface area contributed by atoms with E-state index in [2.05, 4.69) is 4.52 Å². The summed E-state index contributed by atoms with van der Waals surface area (Å²) in [6.07, 6.45) is 2.50. The van der Waals surface area contributed by atoms with Crippen LogP contribution in [0.2, 0.25) is 0 Å². The van der Waals surface area contributed by atoms with Gasteiger partial charge < -0.3 is 18.9 Å². The van der Waals surface area contributed by atoms with Gasteiger partial charge in [-0.2, -0.15) is 0 Å². The van der Waals surface area contributed by atoms with Gasteiger partial charge in [0.2, 0.25) is 0 Å². The van der Waals surface area contributed by atoms with Crippen LogP contribution in [0.25, 0.3) is 0 Å². The van der Waals surface area contributed by atoms with Gasteiger partial charge >= 0.3 is 103 Å². The van der Waals surface area contributed by atoms with Crippen LogP contribution in [0.3, 0.4) is 0 Å². The summed E-state index contributed by atoms with van der Waals surface area (Å²) in [7, 11) is -4.71. The van der Waals surface area contributed by atoms with Crippen molar-refractivity contribution in [3.05, 3.63) is 0 Å². The number of hydrogen-bond acceptors (Lipinski definition) is 4. The third-order valence-electron chi connectivity index (χ3n) is 0.997. The molecule has 0 amide bonds. The van der Waals surface area contributed by atoms with Crippen molar-refractivity contribution in [3.63, 3.8) is 0 Å². The molecule has 0 aliphatic carbocycles. The Morgan fingerprint density at radius 2 is 1.75 bits per heavy atom. The largest absolute Gasteiger partial charge is 1.00 e. The first-order valence-electron chi connectivity index (χ1n) is 3.23. The van der Waals surface area contributed by atoms with Crippen molar-refractivity contribution >= 4 is 7.82 Å². The Bertz CT molecular complexity index is 127. The molecule has 0 aromatic rings. The number of rotatable bonds is 5. The molecule has 0 saturated carbocycles. The molecule has 4 nitrogen and oxygen atoms in total. The Kier molecular flexibility index (Phi) is 21.5. The van der Waals surface area contributed by atoms with E-state index in [-0.39, 0.29) is 109 Å². The minimum Gasteiger partial charge on any atom is -0.790 e. The van der Waals surface area contributed by atoms with Crippen molar-refractivity contribution in [3.8, 4) is 0 Å². The van der Waals surface area contributed by atoms with Crippen molar-refractivity contribution in [1.82, 2.24) is 0 Å². The Labute approximate surface area is 158 Å². The first-order valence-corrected chi connectivity index (χ1v) is 4.69. The first kappa shape index (κ1) is 20.8. The fourth-order valence-electron chi connectivity index (χ4n) is 0.528. The summed E-state index contributed by atoms with van der Waals surface area (Å²) < 4.78 is 13.8. The third kappa shape index (κ3) is 19.0. The fraction of sp³-hybridized carbons (Fsp3) is 1.00. The standard InChI is InChI=1S/C5H13O4P.2K/c1-2-3-4-5-9-10(6,7)8;;/h2-5H2,1H3,(H2,6,7,8);;/q;2*+1/p-2. The molecule has 0 bridgehead atoms. The van der Waals surface area contributed by atoms with Crippen LogP contribution in [-0.4, -0.2) is 6.61 Å². The summed E-state index contributed by atoms with van der Waals surface area (Å²) in [5.41, 5.74) is 0. The van der Waals surface area contributed by atoms with E-state index in [9.17, 15) is 14.4 Å². The average molecular weight is 244 g/mol. The Balaban J connectivity index is -0.000000405. The van der Waals surface area contributed by atoms with Gasteiger partial charge in [-0.3, -0.25) is 0 Å². The van der Waals surface area contributed by atoms with Crippen LogP contribution in [-0.2, 0) is 9.09 Å². The van der Waals surface area contributed by atoms with Crippen LogP contribution in [0.15, 0.2) is 0 Å². The molecule has 0 aliphatic heterocycles. The van der Waals surface area contributed by atoms with E-state index in [0.717, 1.165) is 12.8 Å². The molecule has 0 radical (unpaired) electrons. The van der Waals surface area contributed by atoms with Gasteiger partial charge in [0.15, 0.2) is 0 Å². The summed E-state index contributed by atoms with van der Waals surface area (Å²) in [6.45, 7) is 2.01. The van der Waals surface area contributed by atoms with E-state index < -0.39 is 7.82 Å². The third-order valence-corrected chi connectivity index (χ3v) is 1.50. The van der Waals surface area contributed by atoms with Crippen LogP contribution < -0.4 is 113 Å². The maximum absolute atomic E-state index is 9.84. The normalized spacial score (nSPS) is 9.92. The molecule has 0 spiro atoms. The van der Waals surface area contributed by atoms with Crippen LogP contribution in [0.5, 0.6) is 0 Å². The van der Waals surface area contributed by atoms with Gasteiger partial charge in [-0.05, 0) is 6.42 Å². The second-order valence-electron chi connectivity index (χ2n) is 1.99. The maximum atomic E-state index is 9.84. The topological polar surface area (TPSA) is 72.4 Å². The zero-order valence-corrected chi connectivity index (χ0v) is 15.0. The molecular formula is C5H11K2O4P. The van der Waals surface area contributed by atoms with E-state index in [0.29, 0.717) is 6.42 Å². The molecule has 0 fully saturated rings. The first-order chi connectivity index (χ1) is 4.56. The van der Waals surface area contributed by atoms with E-state index in [1.165, 1.54) is 0 Å².